The third kappa shape index (κ3) is 1.57. The van der Waals surface area contributed by atoms with E-state index in [1.54, 1.807) is 6.07 Å². The summed E-state index contributed by atoms with van der Waals surface area (Å²) in [6.07, 6.45) is 0.749. The number of hydrogen-bond acceptors (Lipinski definition) is 0. The van der Waals surface area contributed by atoms with Crippen molar-refractivity contribution in [3.05, 3.63) is 34.1 Å². The van der Waals surface area contributed by atoms with E-state index in [2.05, 4.69) is 15.9 Å². The summed E-state index contributed by atoms with van der Waals surface area (Å²) in [5.41, 5.74) is 0.767. The van der Waals surface area contributed by atoms with Gasteiger partial charge in [-0.1, -0.05) is 28.9 Å². The largest absolute Gasteiger partial charge is 0.207 e. The predicted molar refractivity (Wildman–Crippen MR) is 43.5 cm³/mol. The number of aryl methyl sites for hydroxylation is 1. The maximum atomic E-state index is 12.8. The highest BCUT2D eigenvalue weighted by Gasteiger charge is 1.98. The Balaban J connectivity index is 3.07. The van der Waals surface area contributed by atoms with E-state index in [1.165, 1.54) is 6.07 Å². The monoisotopic (exact) mass is 202 g/mol. The normalized spacial score (nSPS) is 9.90. The van der Waals surface area contributed by atoms with E-state index in [4.69, 9.17) is 0 Å². The fourth-order valence-electron chi connectivity index (χ4n) is 0.808. The van der Waals surface area contributed by atoms with E-state index < -0.39 is 0 Å². The molecule has 0 spiro atoms. The van der Waals surface area contributed by atoms with Gasteiger partial charge < -0.3 is 0 Å². The predicted octanol–water partition coefficient (Wildman–Crippen LogP) is 3.15. The Hall–Kier alpha value is -0.370. The van der Waals surface area contributed by atoms with Crippen molar-refractivity contribution in [1.29, 1.82) is 0 Å². The van der Waals surface area contributed by atoms with E-state index in [0.717, 1.165) is 16.5 Å². The van der Waals surface area contributed by atoms with Gasteiger partial charge >= 0.3 is 0 Å². The van der Waals surface area contributed by atoms with Crippen LogP contribution in [0, 0.1) is 5.82 Å². The molecule has 1 rings (SSSR count). The molecule has 10 heavy (non-hydrogen) atoms. The van der Waals surface area contributed by atoms with Crippen molar-refractivity contribution in [2.75, 3.05) is 0 Å². The summed E-state index contributed by atoms with van der Waals surface area (Å²) in [5.74, 6) is -0.128. The van der Waals surface area contributed by atoms with Crippen molar-refractivity contribution in [1.82, 2.24) is 0 Å². The van der Waals surface area contributed by atoms with Crippen LogP contribution >= 0.6 is 15.9 Å². The molecule has 2 heteroatoms. The number of hydrogen-bond donors (Lipinski definition) is 0. The number of benzene rings is 1. The summed E-state index contributed by atoms with van der Waals surface area (Å²) >= 11 is 3.19. The van der Waals surface area contributed by atoms with Gasteiger partial charge in [0.05, 0.1) is 0 Å². The summed E-state index contributed by atoms with van der Waals surface area (Å²) < 4.78 is 13.6. The Morgan fingerprint density at radius 2 is 2.20 bits per heavy atom. The Bertz CT molecular complexity index is 233. The summed E-state index contributed by atoms with van der Waals surface area (Å²) in [4.78, 5) is 0. The topological polar surface area (TPSA) is 0 Å². The van der Waals surface area contributed by atoms with Crippen LogP contribution in [0.25, 0.3) is 0 Å². The van der Waals surface area contributed by atoms with Crippen molar-refractivity contribution < 1.29 is 4.39 Å². The molecule has 0 heterocycles. The standard InChI is InChI=1S/C8H8BrF/c1-2-6-3-4-7(9)5-8(6)10/h3-5H,2H2,1H3. The Kier molecular flexibility index (Phi) is 2.44. The minimum atomic E-state index is -0.128. The highest BCUT2D eigenvalue weighted by atomic mass is 79.9. The van der Waals surface area contributed by atoms with Gasteiger partial charge in [-0.2, -0.15) is 0 Å². The second-order valence-electron chi connectivity index (χ2n) is 2.09. The lowest BCUT2D eigenvalue weighted by atomic mass is 10.2. The molecule has 0 N–H and O–H groups in total. The van der Waals surface area contributed by atoms with E-state index in [-0.39, 0.29) is 5.82 Å². The molecule has 0 saturated heterocycles. The van der Waals surface area contributed by atoms with Gasteiger partial charge in [0.2, 0.25) is 0 Å². The van der Waals surface area contributed by atoms with Crippen molar-refractivity contribution in [3.8, 4) is 0 Å². The van der Waals surface area contributed by atoms with Crippen molar-refractivity contribution in [2.45, 2.75) is 13.3 Å². The van der Waals surface area contributed by atoms with Gasteiger partial charge in [0.15, 0.2) is 0 Å². The SMILES string of the molecule is CCc1ccc(Br)cc1F. The molecular formula is C8H8BrF. The van der Waals surface area contributed by atoms with Crippen LogP contribution in [-0.4, -0.2) is 0 Å². The molecule has 0 radical (unpaired) electrons. The van der Waals surface area contributed by atoms with Crippen LogP contribution in [0.4, 0.5) is 4.39 Å². The smallest absolute Gasteiger partial charge is 0.127 e. The molecule has 0 aliphatic carbocycles. The van der Waals surface area contributed by atoms with Gasteiger partial charge in [0, 0.05) is 4.47 Å². The first-order chi connectivity index (χ1) is 4.74. The van der Waals surface area contributed by atoms with Crippen LogP contribution in [0.5, 0.6) is 0 Å². The molecule has 0 nitrogen and oxygen atoms in total. The first kappa shape index (κ1) is 7.73. The molecule has 0 aliphatic heterocycles. The van der Waals surface area contributed by atoms with Crippen LogP contribution in [0.2, 0.25) is 0 Å². The first-order valence-corrected chi connectivity index (χ1v) is 3.97. The van der Waals surface area contributed by atoms with Crippen LogP contribution in [0.3, 0.4) is 0 Å². The fourth-order valence-corrected chi connectivity index (χ4v) is 1.14. The van der Waals surface area contributed by atoms with E-state index in [9.17, 15) is 4.39 Å². The van der Waals surface area contributed by atoms with E-state index in [1.807, 2.05) is 13.0 Å². The van der Waals surface area contributed by atoms with Crippen LogP contribution in [0.15, 0.2) is 22.7 Å². The highest BCUT2D eigenvalue weighted by molar-refractivity contribution is 9.10. The second-order valence-corrected chi connectivity index (χ2v) is 3.00. The average molecular weight is 203 g/mol. The zero-order valence-corrected chi connectivity index (χ0v) is 7.28. The third-order valence-corrected chi connectivity index (χ3v) is 1.89. The number of rotatable bonds is 1. The maximum Gasteiger partial charge on any atom is 0.127 e. The first-order valence-electron chi connectivity index (χ1n) is 3.18. The summed E-state index contributed by atoms with van der Waals surface area (Å²) in [7, 11) is 0. The quantitative estimate of drug-likeness (QED) is 0.657. The van der Waals surface area contributed by atoms with Crippen LogP contribution in [0.1, 0.15) is 12.5 Å². The highest BCUT2D eigenvalue weighted by Crippen LogP contribution is 2.15. The van der Waals surface area contributed by atoms with Gasteiger partial charge in [-0.25, -0.2) is 4.39 Å². The maximum absolute atomic E-state index is 12.8. The molecule has 0 aromatic heterocycles. The lowest BCUT2D eigenvalue weighted by Gasteiger charge is -1.97. The molecule has 0 amide bonds. The molecule has 0 fully saturated rings. The number of halogens is 2. The van der Waals surface area contributed by atoms with Gasteiger partial charge in [-0.3, -0.25) is 0 Å². The van der Waals surface area contributed by atoms with Gasteiger partial charge in [0.25, 0.3) is 0 Å². The molecule has 0 saturated carbocycles. The summed E-state index contributed by atoms with van der Waals surface area (Å²) in [6.45, 7) is 1.94. The minimum absolute atomic E-state index is 0.128. The molecular weight excluding hydrogens is 195 g/mol. The summed E-state index contributed by atoms with van der Waals surface area (Å²) in [5, 5.41) is 0. The molecule has 0 bridgehead atoms. The van der Waals surface area contributed by atoms with Gasteiger partial charge in [0.1, 0.15) is 5.82 Å². The van der Waals surface area contributed by atoms with Crippen molar-refractivity contribution in [3.63, 3.8) is 0 Å². The van der Waals surface area contributed by atoms with E-state index in [0.29, 0.717) is 0 Å². The third-order valence-electron chi connectivity index (χ3n) is 1.40. The van der Waals surface area contributed by atoms with Gasteiger partial charge in [-0.15, -0.1) is 0 Å². The van der Waals surface area contributed by atoms with Gasteiger partial charge in [-0.05, 0) is 24.1 Å². The zero-order valence-electron chi connectivity index (χ0n) is 5.70. The molecule has 1 aromatic rings. The lowest BCUT2D eigenvalue weighted by molar-refractivity contribution is 0.611. The average Bonchev–Trinajstić information content (AvgIpc) is 1.88. The zero-order chi connectivity index (χ0) is 7.56. The second kappa shape index (κ2) is 3.15. The lowest BCUT2D eigenvalue weighted by Crippen LogP contribution is -1.85. The Morgan fingerprint density at radius 1 is 1.50 bits per heavy atom. The Labute approximate surface area is 68.2 Å². The molecule has 54 valence electrons. The molecule has 0 unspecified atom stereocenters. The fraction of sp³-hybridized carbons (Fsp3) is 0.250. The molecule has 1 aromatic carbocycles. The van der Waals surface area contributed by atoms with Crippen LogP contribution in [-0.2, 0) is 6.42 Å². The minimum Gasteiger partial charge on any atom is -0.207 e. The van der Waals surface area contributed by atoms with Crippen LogP contribution < -0.4 is 0 Å². The van der Waals surface area contributed by atoms with E-state index >= 15 is 0 Å². The van der Waals surface area contributed by atoms with Crippen molar-refractivity contribution in [2.24, 2.45) is 0 Å². The molecule has 0 aliphatic rings. The molecule has 0 atom stereocenters. The Morgan fingerprint density at radius 3 is 2.70 bits per heavy atom. The summed E-state index contributed by atoms with van der Waals surface area (Å²) in [6, 6.07) is 5.13. The van der Waals surface area contributed by atoms with Crippen molar-refractivity contribution >= 4 is 15.9 Å².